The van der Waals surface area contributed by atoms with Crippen molar-refractivity contribution in [3.8, 4) is 11.5 Å². The minimum Gasteiger partial charge on any atom is -0.505 e. The molecule has 0 atom stereocenters. The van der Waals surface area contributed by atoms with Gasteiger partial charge in [0.15, 0.2) is 11.5 Å². The van der Waals surface area contributed by atoms with Gasteiger partial charge < -0.3 is 14.9 Å². The van der Waals surface area contributed by atoms with E-state index >= 15 is 0 Å². The molecule has 0 spiro atoms. The van der Waals surface area contributed by atoms with Crippen molar-refractivity contribution in [1.82, 2.24) is 9.88 Å². The SMILES string of the molecule is O=C(O)Oc1c2c(c(O)c3ncccc13)C(=O)N(Cc1ccc(F)cc1)C2=O. The number of imide groups is 1. The van der Waals surface area contributed by atoms with Gasteiger partial charge in [-0.2, -0.15) is 0 Å². The summed E-state index contributed by atoms with van der Waals surface area (Å²) in [7, 11) is 0. The summed E-state index contributed by atoms with van der Waals surface area (Å²) in [6.07, 6.45) is -0.341. The van der Waals surface area contributed by atoms with Crippen molar-refractivity contribution >= 4 is 28.9 Å². The highest BCUT2D eigenvalue weighted by Crippen LogP contribution is 2.43. The maximum absolute atomic E-state index is 13.1. The third-order valence-corrected chi connectivity index (χ3v) is 4.35. The van der Waals surface area contributed by atoms with Crippen LogP contribution in [-0.4, -0.2) is 38.1 Å². The Balaban J connectivity index is 1.89. The van der Waals surface area contributed by atoms with Gasteiger partial charge in [0.05, 0.1) is 6.54 Å². The van der Waals surface area contributed by atoms with E-state index in [9.17, 15) is 23.9 Å². The standard InChI is InChI=1S/C19H11FN2O6/c20-10-5-3-9(4-6-10)8-22-17(24)12-13(18(22)25)16(28-19(26)27)11-2-1-7-21-14(11)15(12)23/h1-7,23H,8H2,(H,26,27). The number of rotatable bonds is 3. The number of carbonyl (C=O) groups excluding carboxylic acids is 2. The number of amides is 2. The zero-order valence-corrected chi connectivity index (χ0v) is 14.0. The van der Waals surface area contributed by atoms with Gasteiger partial charge in [-0.3, -0.25) is 19.5 Å². The average Bonchev–Trinajstić information content (AvgIpc) is 2.91. The molecule has 2 aromatic carbocycles. The molecule has 1 aliphatic rings. The smallest absolute Gasteiger partial charge is 0.505 e. The van der Waals surface area contributed by atoms with Gasteiger partial charge in [-0.15, -0.1) is 0 Å². The average molecular weight is 382 g/mol. The number of benzene rings is 2. The molecule has 0 saturated heterocycles. The highest BCUT2D eigenvalue weighted by Gasteiger charge is 2.43. The van der Waals surface area contributed by atoms with Gasteiger partial charge in [0.2, 0.25) is 0 Å². The van der Waals surface area contributed by atoms with Crippen molar-refractivity contribution in [3.63, 3.8) is 0 Å². The second-order valence-corrected chi connectivity index (χ2v) is 6.02. The van der Waals surface area contributed by atoms with E-state index in [1.165, 1.54) is 42.6 Å². The molecule has 8 nitrogen and oxygen atoms in total. The van der Waals surface area contributed by atoms with E-state index in [0.717, 1.165) is 4.90 Å². The third-order valence-electron chi connectivity index (χ3n) is 4.35. The van der Waals surface area contributed by atoms with E-state index in [0.29, 0.717) is 5.56 Å². The molecule has 0 aliphatic carbocycles. The van der Waals surface area contributed by atoms with Crippen molar-refractivity contribution in [2.24, 2.45) is 0 Å². The van der Waals surface area contributed by atoms with Crippen LogP contribution in [0.25, 0.3) is 10.9 Å². The number of phenolic OH excluding ortho intramolecular Hbond substituents is 1. The number of nitrogens with zero attached hydrogens (tertiary/aromatic N) is 2. The van der Waals surface area contributed by atoms with Crippen molar-refractivity contribution in [3.05, 3.63) is 65.1 Å². The molecule has 4 rings (SSSR count). The molecule has 0 fully saturated rings. The summed E-state index contributed by atoms with van der Waals surface area (Å²) in [6.45, 7) is -0.192. The van der Waals surface area contributed by atoms with Gasteiger partial charge in [0.1, 0.15) is 22.5 Å². The lowest BCUT2D eigenvalue weighted by molar-refractivity contribution is 0.0641. The van der Waals surface area contributed by atoms with Crippen molar-refractivity contribution in [2.45, 2.75) is 6.54 Å². The lowest BCUT2D eigenvalue weighted by Crippen LogP contribution is -2.29. The Bertz CT molecular complexity index is 1160. The van der Waals surface area contributed by atoms with E-state index in [-0.39, 0.29) is 34.3 Å². The number of hydrogen-bond acceptors (Lipinski definition) is 6. The fourth-order valence-corrected chi connectivity index (χ4v) is 3.15. The summed E-state index contributed by atoms with van der Waals surface area (Å²) < 4.78 is 17.9. The van der Waals surface area contributed by atoms with Crippen molar-refractivity contribution < 1.29 is 33.7 Å². The molecule has 28 heavy (non-hydrogen) atoms. The number of ether oxygens (including phenoxy) is 1. The number of hydrogen-bond donors (Lipinski definition) is 2. The molecule has 0 bridgehead atoms. The lowest BCUT2D eigenvalue weighted by atomic mass is 10.0. The normalized spacial score (nSPS) is 13.1. The second-order valence-electron chi connectivity index (χ2n) is 6.02. The minimum atomic E-state index is -1.68. The molecule has 140 valence electrons. The van der Waals surface area contributed by atoms with Crippen LogP contribution >= 0.6 is 0 Å². The van der Waals surface area contributed by atoms with E-state index in [4.69, 9.17) is 9.84 Å². The maximum atomic E-state index is 13.1. The number of aromatic hydroxyl groups is 1. The highest BCUT2D eigenvalue weighted by atomic mass is 19.1. The molecule has 0 radical (unpaired) electrons. The van der Waals surface area contributed by atoms with Gasteiger partial charge in [0, 0.05) is 11.6 Å². The number of fused-ring (bicyclic) bond motifs is 2. The molecule has 0 saturated carbocycles. The zero-order valence-electron chi connectivity index (χ0n) is 14.0. The Kier molecular flexibility index (Phi) is 3.92. The molecular formula is C19H11FN2O6. The Labute approximate surface area is 156 Å². The molecule has 9 heteroatoms. The van der Waals surface area contributed by atoms with E-state index in [1.54, 1.807) is 0 Å². The first kappa shape index (κ1) is 17.4. The van der Waals surface area contributed by atoms with Gasteiger partial charge in [0.25, 0.3) is 11.8 Å². The van der Waals surface area contributed by atoms with E-state index in [1.807, 2.05) is 0 Å². The molecular weight excluding hydrogens is 371 g/mol. The number of pyridine rings is 1. The predicted octanol–water partition coefficient (Wildman–Crippen LogP) is 2.93. The van der Waals surface area contributed by atoms with E-state index < -0.39 is 29.5 Å². The Hall–Kier alpha value is -4.01. The van der Waals surface area contributed by atoms with Crippen molar-refractivity contribution in [2.75, 3.05) is 0 Å². The predicted molar refractivity (Wildman–Crippen MR) is 92.7 cm³/mol. The summed E-state index contributed by atoms with van der Waals surface area (Å²) in [5, 5.41) is 19.7. The molecule has 0 unspecified atom stereocenters. The van der Waals surface area contributed by atoms with Crippen LogP contribution in [0, 0.1) is 5.82 Å². The first-order valence-electron chi connectivity index (χ1n) is 8.03. The molecule has 1 aliphatic heterocycles. The minimum absolute atomic E-state index is 0.0673. The number of aromatic nitrogens is 1. The van der Waals surface area contributed by atoms with Gasteiger partial charge in [-0.25, -0.2) is 9.18 Å². The first-order chi connectivity index (χ1) is 13.4. The number of halogens is 1. The largest absolute Gasteiger partial charge is 0.511 e. The number of phenols is 1. The Morgan fingerprint density at radius 1 is 1.11 bits per heavy atom. The molecule has 1 aromatic heterocycles. The van der Waals surface area contributed by atoms with Crippen LogP contribution < -0.4 is 4.74 Å². The Morgan fingerprint density at radius 3 is 2.46 bits per heavy atom. The third kappa shape index (κ3) is 2.60. The van der Waals surface area contributed by atoms with E-state index in [2.05, 4.69) is 4.98 Å². The maximum Gasteiger partial charge on any atom is 0.511 e. The van der Waals surface area contributed by atoms with Crippen molar-refractivity contribution in [1.29, 1.82) is 0 Å². The quantitative estimate of drug-likeness (QED) is 0.406. The number of carbonyl (C=O) groups is 3. The zero-order chi connectivity index (χ0) is 20.0. The van der Waals surface area contributed by atoms with Crippen LogP contribution in [0.1, 0.15) is 26.3 Å². The summed E-state index contributed by atoms with van der Waals surface area (Å²) >= 11 is 0. The Morgan fingerprint density at radius 2 is 1.79 bits per heavy atom. The monoisotopic (exact) mass is 382 g/mol. The van der Waals surface area contributed by atoms with Crippen LogP contribution in [0.4, 0.5) is 9.18 Å². The topological polar surface area (TPSA) is 117 Å². The summed E-state index contributed by atoms with van der Waals surface area (Å²) in [6, 6.07) is 8.07. The van der Waals surface area contributed by atoms with Gasteiger partial charge in [-0.05, 0) is 29.8 Å². The molecule has 3 aromatic rings. The molecule has 2 heterocycles. The summed E-state index contributed by atoms with van der Waals surface area (Å²) in [4.78, 5) is 41.6. The van der Waals surface area contributed by atoms with Crippen LogP contribution in [0.2, 0.25) is 0 Å². The summed E-state index contributed by atoms with van der Waals surface area (Å²) in [5.41, 5.74) is -0.330. The van der Waals surface area contributed by atoms with Crippen LogP contribution in [-0.2, 0) is 6.54 Å². The fraction of sp³-hybridized carbons (Fsp3) is 0.0526. The highest BCUT2D eigenvalue weighted by molar-refractivity contribution is 6.27. The summed E-state index contributed by atoms with van der Waals surface area (Å²) in [5.74, 6) is -3.05. The fourth-order valence-electron chi connectivity index (χ4n) is 3.15. The van der Waals surface area contributed by atoms with Gasteiger partial charge in [-0.1, -0.05) is 12.1 Å². The molecule has 2 amide bonds. The first-order valence-corrected chi connectivity index (χ1v) is 8.03. The number of carboxylic acid groups (broad SMARTS) is 1. The second kappa shape index (κ2) is 6.31. The van der Waals surface area contributed by atoms with Gasteiger partial charge >= 0.3 is 6.16 Å². The molecule has 2 N–H and O–H groups in total. The van der Waals surface area contributed by atoms with Crippen LogP contribution in [0.15, 0.2) is 42.6 Å². The van der Waals surface area contributed by atoms with Crippen LogP contribution in [0.3, 0.4) is 0 Å². The van der Waals surface area contributed by atoms with Crippen LogP contribution in [0.5, 0.6) is 11.5 Å². The lowest BCUT2D eigenvalue weighted by Gasteiger charge is -2.13.